The molecule has 1 aromatic heterocycles. The molecule has 0 saturated heterocycles. The number of amides is 1. The third-order valence-electron chi connectivity index (χ3n) is 3.56. The summed E-state index contributed by atoms with van der Waals surface area (Å²) >= 11 is 0. The molecule has 112 valence electrons. The zero-order valence-corrected chi connectivity index (χ0v) is 12.1. The Labute approximate surface area is 123 Å². The van der Waals surface area contributed by atoms with Gasteiger partial charge in [-0.3, -0.25) is 9.59 Å². The van der Waals surface area contributed by atoms with Gasteiger partial charge in [-0.1, -0.05) is 31.5 Å². The number of nitrogens with one attached hydrogen (secondary N) is 2. The number of carboxylic acids is 1. The third-order valence-corrected chi connectivity index (χ3v) is 3.56. The first kappa shape index (κ1) is 15.1. The molecule has 21 heavy (non-hydrogen) atoms. The fourth-order valence-corrected chi connectivity index (χ4v) is 2.41. The average Bonchev–Trinajstić information content (AvgIpc) is 2.86. The van der Waals surface area contributed by atoms with Gasteiger partial charge < -0.3 is 15.4 Å². The van der Waals surface area contributed by atoms with Gasteiger partial charge in [0.05, 0.1) is 12.3 Å². The van der Waals surface area contributed by atoms with Crippen LogP contribution in [0, 0.1) is 5.92 Å². The molecule has 1 aromatic carbocycles. The highest BCUT2D eigenvalue weighted by Gasteiger charge is 2.17. The van der Waals surface area contributed by atoms with Crippen LogP contribution >= 0.6 is 0 Å². The summed E-state index contributed by atoms with van der Waals surface area (Å²) in [5.74, 6) is -1.52. The molecule has 1 heterocycles. The lowest BCUT2D eigenvalue weighted by Crippen LogP contribution is -2.33. The lowest BCUT2D eigenvalue weighted by Gasteiger charge is -2.12. The van der Waals surface area contributed by atoms with Gasteiger partial charge in [0.25, 0.3) is 0 Å². The Hall–Kier alpha value is -2.30. The normalized spacial score (nSPS) is 12.2. The second kappa shape index (κ2) is 6.92. The molecule has 1 atom stereocenters. The summed E-state index contributed by atoms with van der Waals surface area (Å²) in [6.07, 6.45) is 3.44. The van der Waals surface area contributed by atoms with E-state index in [1.165, 1.54) is 0 Å². The van der Waals surface area contributed by atoms with Crippen LogP contribution in [0.1, 0.15) is 25.3 Å². The molecular formula is C16H20N2O3. The number of hydrogen-bond acceptors (Lipinski definition) is 2. The molecule has 0 radical (unpaired) electrons. The number of aromatic nitrogens is 1. The molecule has 0 spiro atoms. The van der Waals surface area contributed by atoms with Gasteiger partial charge in [0.15, 0.2) is 0 Å². The molecule has 3 N–H and O–H groups in total. The number of carbonyl (C=O) groups is 2. The van der Waals surface area contributed by atoms with Crippen molar-refractivity contribution in [3.05, 3.63) is 36.0 Å². The third kappa shape index (κ3) is 3.84. The molecule has 0 aliphatic rings. The van der Waals surface area contributed by atoms with E-state index in [0.717, 1.165) is 22.9 Å². The van der Waals surface area contributed by atoms with Crippen LogP contribution in [0.5, 0.6) is 0 Å². The fraction of sp³-hybridized carbons (Fsp3) is 0.375. The Morgan fingerprint density at radius 2 is 2.10 bits per heavy atom. The Morgan fingerprint density at radius 3 is 2.81 bits per heavy atom. The monoisotopic (exact) mass is 288 g/mol. The van der Waals surface area contributed by atoms with Crippen LogP contribution in [0.25, 0.3) is 10.9 Å². The lowest BCUT2D eigenvalue weighted by atomic mass is 10.0. The first-order chi connectivity index (χ1) is 10.1. The van der Waals surface area contributed by atoms with Gasteiger partial charge in [-0.15, -0.1) is 0 Å². The average molecular weight is 288 g/mol. The Balaban J connectivity index is 1.94. The molecule has 1 unspecified atom stereocenters. The molecule has 0 aliphatic carbocycles. The van der Waals surface area contributed by atoms with E-state index in [1.807, 2.05) is 37.4 Å². The van der Waals surface area contributed by atoms with Crippen molar-refractivity contribution in [2.45, 2.75) is 26.2 Å². The molecule has 0 bridgehead atoms. The zero-order valence-electron chi connectivity index (χ0n) is 12.1. The van der Waals surface area contributed by atoms with E-state index in [4.69, 9.17) is 5.11 Å². The predicted octanol–water partition coefficient (Wildman–Crippen LogP) is 2.33. The van der Waals surface area contributed by atoms with Crippen molar-refractivity contribution >= 4 is 22.8 Å². The topological polar surface area (TPSA) is 82.2 Å². The molecule has 2 rings (SSSR count). The van der Waals surface area contributed by atoms with Crippen LogP contribution in [0.3, 0.4) is 0 Å². The number of fused-ring (bicyclic) bond motifs is 1. The second-order valence-corrected chi connectivity index (χ2v) is 5.16. The Kier molecular flexibility index (Phi) is 4.98. The highest BCUT2D eigenvalue weighted by molar-refractivity contribution is 5.89. The van der Waals surface area contributed by atoms with Gasteiger partial charge in [-0.2, -0.15) is 0 Å². The predicted molar refractivity (Wildman–Crippen MR) is 81.0 cm³/mol. The summed E-state index contributed by atoms with van der Waals surface area (Å²) in [7, 11) is 0. The number of hydrogen-bond donors (Lipinski definition) is 3. The molecule has 1 amide bonds. The van der Waals surface area contributed by atoms with Crippen LogP contribution in [-0.4, -0.2) is 28.5 Å². The van der Waals surface area contributed by atoms with Gasteiger partial charge in [-0.05, 0) is 18.1 Å². The van der Waals surface area contributed by atoms with E-state index in [0.29, 0.717) is 6.42 Å². The van der Waals surface area contributed by atoms with Crippen molar-refractivity contribution in [1.29, 1.82) is 0 Å². The zero-order chi connectivity index (χ0) is 15.2. The molecule has 0 aliphatic heterocycles. The van der Waals surface area contributed by atoms with E-state index in [9.17, 15) is 9.59 Å². The Bertz CT molecular complexity index is 633. The van der Waals surface area contributed by atoms with Crippen molar-refractivity contribution < 1.29 is 14.7 Å². The molecule has 5 heteroatoms. The summed E-state index contributed by atoms with van der Waals surface area (Å²) in [6, 6.07) is 7.79. The van der Waals surface area contributed by atoms with Crippen LogP contribution in [-0.2, 0) is 16.0 Å². The van der Waals surface area contributed by atoms with Crippen LogP contribution in [0.2, 0.25) is 0 Å². The smallest absolute Gasteiger partial charge is 0.308 e. The number of aromatic amines is 1. The minimum absolute atomic E-state index is 0.151. The highest BCUT2D eigenvalue weighted by Crippen LogP contribution is 2.18. The highest BCUT2D eigenvalue weighted by atomic mass is 16.4. The van der Waals surface area contributed by atoms with Crippen LogP contribution in [0.4, 0.5) is 0 Å². The lowest BCUT2D eigenvalue weighted by molar-refractivity contribution is -0.141. The van der Waals surface area contributed by atoms with Gasteiger partial charge >= 0.3 is 5.97 Å². The molecule has 0 fully saturated rings. The first-order valence-corrected chi connectivity index (χ1v) is 7.16. The first-order valence-electron chi connectivity index (χ1n) is 7.16. The van der Waals surface area contributed by atoms with E-state index in [1.54, 1.807) is 0 Å². The number of aliphatic carboxylic acids is 1. The number of H-pyrrole nitrogens is 1. The summed E-state index contributed by atoms with van der Waals surface area (Å²) in [4.78, 5) is 26.1. The maximum absolute atomic E-state index is 12.0. The van der Waals surface area contributed by atoms with Crippen molar-refractivity contribution in [2.24, 2.45) is 5.92 Å². The maximum atomic E-state index is 12.0. The van der Waals surface area contributed by atoms with E-state index in [2.05, 4.69) is 10.3 Å². The SMILES string of the molecule is CCCC(CNC(=O)Cc1c[nH]c2ccccc12)C(=O)O. The van der Waals surface area contributed by atoms with Crippen molar-refractivity contribution in [2.75, 3.05) is 6.54 Å². The summed E-state index contributed by atoms with van der Waals surface area (Å²) < 4.78 is 0. The summed E-state index contributed by atoms with van der Waals surface area (Å²) in [5, 5.41) is 12.8. The molecule has 5 nitrogen and oxygen atoms in total. The Morgan fingerprint density at radius 1 is 1.33 bits per heavy atom. The summed E-state index contributed by atoms with van der Waals surface area (Å²) in [6.45, 7) is 2.12. The van der Waals surface area contributed by atoms with Crippen molar-refractivity contribution in [3.63, 3.8) is 0 Å². The van der Waals surface area contributed by atoms with Gasteiger partial charge in [-0.25, -0.2) is 0 Å². The minimum Gasteiger partial charge on any atom is -0.481 e. The quantitative estimate of drug-likeness (QED) is 0.731. The molecule has 2 aromatic rings. The fourth-order valence-electron chi connectivity index (χ4n) is 2.41. The van der Waals surface area contributed by atoms with E-state index >= 15 is 0 Å². The van der Waals surface area contributed by atoms with Crippen LogP contribution in [0.15, 0.2) is 30.5 Å². The number of benzene rings is 1. The largest absolute Gasteiger partial charge is 0.481 e. The summed E-state index contributed by atoms with van der Waals surface area (Å²) in [5.41, 5.74) is 1.92. The molecular weight excluding hydrogens is 268 g/mol. The van der Waals surface area contributed by atoms with Gasteiger partial charge in [0, 0.05) is 23.6 Å². The van der Waals surface area contributed by atoms with E-state index < -0.39 is 11.9 Å². The number of para-hydroxylation sites is 1. The van der Waals surface area contributed by atoms with Gasteiger partial charge in [0.2, 0.25) is 5.91 Å². The van der Waals surface area contributed by atoms with Crippen molar-refractivity contribution in [1.82, 2.24) is 10.3 Å². The van der Waals surface area contributed by atoms with E-state index in [-0.39, 0.29) is 18.9 Å². The van der Waals surface area contributed by atoms with Crippen LogP contribution < -0.4 is 5.32 Å². The number of carbonyl (C=O) groups excluding carboxylic acids is 1. The second-order valence-electron chi connectivity index (χ2n) is 5.16. The van der Waals surface area contributed by atoms with Gasteiger partial charge in [0.1, 0.15) is 0 Å². The molecule has 0 saturated carbocycles. The maximum Gasteiger partial charge on any atom is 0.308 e. The minimum atomic E-state index is -0.857. The number of carboxylic acid groups (broad SMARTS) is 1. The number of rotatable bonds is 7. The van der Waals surface area contributed by atoms with Crippen molar-refractivity contribution in [3.8, 4) is 0 Å². The standard InChI is InChI=1S/C16H20N2O3/c1-2-5-11(16(20)21)9-18-15(19)8-12-10-17-14-7-4-3-6-13(12)14/h3-4,6-7,10-11,17H,2,5,8-9H2,1H3,(H,18,19)(H,20,21).